The molecule has 0 saturated carbocycles. The van der Waals surface area contributed by atoms with Crippen LogP contribution in [0.25, 0.3) is 0 Å². The van der Waals surface area contributed by atoms with E-state index in [2.05, 4.69) is 4.74 Å². The van der Waals surface area contributed by atoms with Crippen LogP contribution in [-0.2, 0) is 19.6 Å². The van der Waals surface area contributed by atoms with Crippen LogP contribution >= 0.6 is 0 Å². The topological polar surface area (TPSA) is 80.8 Å². The number of hydrogen-bond donors (Lipinski definition) is 0. The van der Waals surface area contributed by atoms with E-state index in [1.165, 1.54) is 20.8 Å². The summed E-state index contributed by atoms with van der Waals surface area (Å²) in [5.41, 5.74) is -3.40. The number of rotatable bonds is 2. The first-order valence-electron chi connectivity index (χ1n) is 6.38. The van der Waals surface area contributed by atoms with Crippen molar-refractivity contribution in [1.29, 1.82) is 0 Å². The Hall–Kier alpha value is -2.24. The predicted molar refractivity (Wildman–Crippen MR) is 74.5 cm³/mol. The fourth-order valence-electron chi connectivity index (χ4n) is 1.44. The largest absolute Gasteiger partial charge is 0.436 e. The predicted octanol–water partition coefficient (Wildman–Crippen LogP) is 2.86. The molecule has 1 aromatic carbocycles. The Balaban J connectivity index is 3.61. The van der Waals surface area contributed by atoms with Crippen LogP contribution in [-0.4, -0.2) is 26.7 Å². The minimum Gasteiger partial charge on any atom is -0.375 e. The number of ether oxygens (including phenoxy) is 1. The molecule has 0 aromatic heterocycles. The maximum atomic E-state index is 13.8. The summed E-state index contributed by atoms with van der Waals surface area (Å²) in [5, 5.41) is 0. The zero-order chi connectivity index (χ0) is 19.9. The van der Waals surface area contributed by atoms with E-state index >= 15 is 0 Å². The van der Waals surface area contributed by atoms with Crippen molar-refractivity contribution >= 4 is 27.8 Å². The van der Waals surface area contributed by atoms with Crippen molar-refractivity contribution in [3.8, 4) is 0 Å². The number of carbonyl (C=O) groups is 2. The Labute approximate surface area is 139 Å². The average Bonchev–Trinajstić information content (AvgIpc) is 2.44. The summed E-state index contributed by atoms with van der Waals surface area (Å²) in [6.45, 7) is 3.81. The standard InChI is InChI=1S/C13H12F5NO5S/c1-13(2,3)11(20)24-12(21)19(25(4,22)23)10-8(17)6(15)5(14)7(16)9(10)18/h1-4H3. The van der Waals surface area contributed by atoms with Crippen molar-refractivity contribution in [2.45, 2.75) is 20.8 Å². The maximum Gasteiger partial charge on any atom is 0.436 e. The van der Waals surface area contributed by atoms with Crippen molar-refractivity contribution in [1.82, 2.24) is 0 Å². The second-order valence-electron chi connectivity index (χ2n) is 5.85. The van der Waals surface area contributed by atoms with Gasteiger partial charge in [0.05, 0.1) is 11.7 Å². The Kier molecular flexibility index (Phi) is 5.47. The molecule has 1 amide bonds. The fourth-order valence-corrected chi connectivity index (χ4v) is 2.24. The van der Waals surface area contributed by atoms with E-state index in [1.807, 2.05) is 0 Å². The smallest absolute Gasteiger partial charge is 0.375 e. The van der Waals surface area contributed by atoms with Gasteiger partial charge in [0.2, 0.25) is 15.8 Å². The van der Waals surface area contributed by atoms with Gasteiger partial charge in [-0.1, -0.05) is 0 Å². The van der Waals surface area contributed by atoms with Crippen molar-refractivity contribution in [3.63, 3.8) is 0 Å². The molecule has 1 aromatic rings. The van der Waals surface area contributed by atoms with E-state index in [4.69, 9.17) is 0 Å². The highest BCUT2D eigenvalue weighted by atomic mass is 32.2. The first-order valence-corrected chi connectivity index (χ1v) is 8.23. The van der Waals surface area contributed by atoms with Crippen LogP contribution in [0.5, 0.6) is 0 Å². The third-order valence-electron chi connectivity index (χ3n) is 2.68. The summed E-state index contributed by atoms with van der Waals surface area (Å²) in [6, 6.07) is 0. The van der Waals surface area contributed by atoms with Gasteiger partial charge in [0.15, 0.2) is 23.3 Å². The van der Waals surface area contributed by atoms with E-state index < -0.39 is 66.6 Å². The first kappa shape index (κ1) is 20.8. The highest BCUT2D eigenvalue weighted by Gasteiger charge is 2.39. The quantitative estimate of drug-likeness (QED) is 0.255. The lowest BCUT2D eigenvalue weighted by Gasteiger charge is -2.23. The van der Waals surface area contributed by atoms with Crippen molar-refractivity contribution < 1.29 is 44.7 Å². The number of benzene rings is 1. The van der Waals surface area contributed by atoms with E-state index in [9.17, 15) is 40.0 Å². The zero-order valence-electron chi connectivity index (χ0n) is 13.3. The third kappa shape index (κ3) is 4.06. The molecule has 0 radical (unpaired) electrons. The number of sulfonamides is 1. The van der Waals surface area contributed by atoms with Crippen LogP contribution in [0.15, 0.2) is 0 Å². The van der Waals surface area contributed by atoms with Crippen molar-refractivity contribution in [3.05, 3.63) is 29.1 Å². The monoisotopic (exact) mass is 389 g/mol. The third-order valence-corrected chi connectivity index (χ3v) is 3.67. The number of halogens is 5. The van der Waals surface area contributed by atoms with E-state index in [0.717, 1.165) is 0 Å². The minimum absolute atomic E-state index is 0.244. The summed E-state index contributed by atoms with van der Waals surface area (Å²) in [6.07, 6.45) is -1.90. The molecule has 0 heterocycles. The summed E-state index contributed by atoms with van der Waals surface area (Å²) < 4.78 is 93.9. The molecule has 0 aliphatic rings. The van der Waals surface area contributed by atoms with Crippen molar-refractivity contribution in [2.24, 2.45) is 5.41 Å². The van der Waals surface area contributed by atoms with E-state index in [-0.39, 0.29) is 6.26 Å². The van der Waals surface area contributed by atoms with Gasteiger partial charge >= 0.3 is 12.1 Å². The highest BCUT2D eigenvalue weighted by Crippen LogP contribution is 2.32. The molecule has 0 saturated heterocycles. The molecule has 25 heavy (non-hydrogen) atoms. The van der Waals surface area contributed by atoms with Gasteiger partial charge in [-0.3, -0.25) is 4.79 Å². The molecule has 0 spiro atoms. The van der Waals surface area contributed by atoms with Crippen LogP contribution in [0.3, 0.4) is 0 Å². The van der Waals surface area contributed by atoms with Crippen LogP contribution in [0, 0.1) is 34.5 Å². The Morgan fingerprint density at radius 3 is 1.56 bits per heavy atom. The molecule has 140 valence electrons. The maximum absolute atomic E-state index is 13.8. The van der Waals surface area contributed by atoms with Crippen LogP contribution in [0.4, 0.5) is 32.4 Å². The minimum atomic E-state index is -4.93. The molecule has 0 aliphatic carbocycles. The van der Waals surface area contributed by atoms with Gasteiger partial charge in [-0.25, -0.2) is 35.2 Å². The SMILES string of the molecule is CC(C)(C)C(=O)OC(=O)N(c1c(F)c(F)c(F)c(F)c1F)S(C)(=O)=O. The molecule has 6 nitrogen and oxygen atoms in total. The highest BCUT2D eigenvalue weighted by molar-refractivity contribution is 7.92. The lowest BCUT2D eigenvalue weighted by atomic mass is 9.97. The van der Waals surface area contributed by atoms with Gasteiger partial charge in [0.1, 0.15) is 5.69 Å². The van der Waals surface area contributed by atoms with Gasteiger partial charge in [0.25, 0.3) is 0 Å². The Bertz CT molecular complexity index is 818. The lowest BCUT2D eigenvalue weighted by molar-refractivity contribution is -0.145. The Morgan fingerprint density at radius 2 is 1.24 bits per heavy atom. The van der Waals surface area contributed by atoms with Gasteiger partial charge in [-0.15, -0.1) is 0 Å². The van der Waals surface area contributed by atoms with Crippen LogP contribution in [0.2, 0.25) is 0 Å². The van der Waals surface area contributed by atoms with Crippen LogP contribution < -0.4 is 4.31 Å². The number of amides is 1. The number of nitrogens with zero attached hydrogens (tertiary/aromatic N) is 1. The molecule has 12 heteroatoms. The molecule has 0 atom stereocenters. The molecule has 0 fully saturated rings. The number of anilines is 1. The molecular formula is C13H12F5NO5S. The number of esters is 1. The second-order valence-corrected chi connectivity index (χ2v) is 7.68. The number of hydrogen-bond acceptors (Lipinski definition) is 5. The molecule has 0 N–H and O–H groups in total. The second kappa shape index (κ2) is 6.58. The van der Waals surface area contributed by atoms with Gasteiger partial charge in [-0.2, -0.15) is 4.31 Å². The lowest BCUT2D eigenvalue weighted by Crippen LogP contribution is -2.41. The van der Waals surface area contributed by atoms with E-state index in [0.29, 0.717) is 0 Å². The van der Waals surface area contributed by atoms with Crippen LogP contribution in [0.1, 0.15) is 20.8 Å². The zero-order valence-corrected chi connectivity index (χ0v) is 14.1. The van der Waals surface area contributed by atoms with Gasteiger partial charge < -0.3 is 4.74 Å². The summed E-state index contributed by atoms with van der Waals surface area (Å²) in [4.78, 5) is 23.5. The number of carbonyl (C=O) groups excluding carboxylic acids is 2. The molecule has 1 rings (SSSR count). The van der Waals surface area contributed by atoms with Gasteiger partial charge in [-0.05, 0) is 20.8 Å². The molecule has 0 unspecified atom stereocenters. The Morgan fingerprint density at radius 1 is 0.880 bits per heavy atom. The van der Waals surface area contributed by atoms with E-state index in [1.54, 1.807) is 0 Å². The van der Waals surface area contributed by atoms with Crippen molar-refractivity contribution in [2.75, 3.05) is 10.6 Å². The molecular weight excluding hydrogens is 377 g/mol. The summed E-state index contributed by atoms with van der Waals surface area (Å²) >= 11 is 0. The normalized spacial score (nSPS) is 12.0. The summed E-state index contributed by atoms with van der Waals surface area (Å²) in [7, 11) is -4.93. The average molecular weight is 389 g/mol. The molecule has 0 aliphatic heterocycles. The summed E-state index contributed by atoms with van der Waals surface area (Å²) in [5.74, 6) is -14.0. The fraction of sp³-hybridized carbons (Fsp3) is 0.385. The molecule has 0 bridgehead atoms. The first-order chi connectivity index (χ1) is 11.1. The van der Waals surface area contributed by atoms with Gasteiger partial charge in [0, 0.05) is 0 Å².